The molecule has 0 N–H and O–H groups in total. The van der Waals surface area contributed by atoms with Gasteiger partial charge in [0.1, 0.15) is 17.6 Å². The fourth-order valence-corrected chi connectivity index (χ4v) is 3.79. The molecule has 0 bridgehead atoms. The van der Waals surface area contributed by atoms with Crippen LogP contribution in [0.25, 0.3) is 11.3 Å². The SMILES string of the molecule is COc1ccc(-c2nccnc2[C@H]2CN(Cc3ccc(C)cc3OC)CCO2)cc1. The van der Waals surface area contributed by atoms with Crippen LogP contribution in [0.5, 0.6) is 11.5 Å². The molecule has 30 heavy (non-hydrogen) atoms. The van der Waals surface area contributed by atoms with E-state index in [0.29, 0.717) is 6.61 Å². The number of hydrogen-bond acceptors (Lipinski definition) is 6. The van der Waals surface area contributed by atoms with Gasteiger partial charge in [0.25, 0.3) is 0 Å². The van der Waals surface area contributed by atoms with Crippen LogP contribution in [0.1, 0.15) is 22.9 Å². The number of hydrogen-bond donors (Lipinski definition) is 0. The zero-order valence-electron chi connectivity index (χ0n) is 17.7. The van der Waals surface area contributed by atoms with Gasteiger partial charge in [-0.2, -0.15) is 0 Å². The summed E-state index contributed by atoms with van der Waals surface area (Å²) in [6.07, 6.45) is 3.31. The second-order valence-electron chi connectivity index (χ2n) is 7.43. The van der Waals surface area contributed by atoms with Gasteiger partial charge in [-0.25, -0.2) is 0 Å². The van der Waals surface area contributed by atoms with Crippen molar-refractivity contribution >= 4 is 0 Å². The molecule has 6 heteroatoms. The number of ether oxygens (including phenoxy) is 3. The minimum absolute atomic E-state index is 0.138. The van der Waals surface area contributed by atoms with Crippen molar-refractivity contribution in [1.29, 1.82) is 0 Å². The predicted octanol–water partition coefficient (Wildman–Crippen LogP) is 4.04. The summed E-state index contributed by atoms with van der Waals surface area (Å²) in [4.78, 5) is 11.6. The highest BCUT2D eigenvalue weighted by Crippen LogP contribution is 2.31. The molecule has 1 fully saturated rings. The minimum Gasteiger partial charge on any atom is -0.497 e. The Hall–Kier alpha value is -2.96. The molecule has 0 saturated carbocycles. The van der Waals surface area contributed by atoms with Crippen molar-refractivity contribution in [2.75, 3.05) is 33.9 Å². The smallest absolute Gasteiger partial charge is 0.123 e. The first kappa shape index (κ1) is 20.3. The van der Waals surface area contributed by atoms with Crippen molar-refractivity contribution in [1.82, 2.24) is 14.9 Å². The van der Waals surface area contributed by atoms with Gasteiger partial charge < -0.3 is 14.2 Å². The second-order valence-corrected chi connectivity index (χ2v) is 7.43. The standard InChI is InChI=1S/C24H27N3O3/c1-17-4-5-19(21(14-17)29-3)15-27-12-13-30-22(16-27)24-23(25-10-11-26-24)18-6-8-20(28-2)9-7-18/h4-11,14,22H,12-13,15-16H2,1-3H3/t22-/m1/s1. The summed E-state index contributed by atoms with van der Waals surface area (Å²) in [7, 11) is 3.39. The molecular formula is C24H27N3O3. The molecule has 1 saturated heterocycles. The fraction of sp³-hybridized carbons (Fsp3) is 0.333. The van der Waals surface area contributed by atoms with Crippen LogP contribution in [0.3, 0.4) is 0 Å². The maximum absolute atomic E-state index is 6.11. The molecule has 3 aromatic rings. The first-order chi connectivity index (χ1) is 14.7. The predicted molar refractivity (Wildman–Crippen MR) is 116 cm³/mol. The summed E-state index contributed by atoms with van der Waals surface area (Å²) in [5.41, 5.74) is 5.08. The van der Waals surface area contributed by atoms with Gasteiger partial charge >= 0.3 is 0 Å². The van der Waals surface area contributed by atoms with Crippen molar-refractivity contribution < 1.29 is 14.2 Å². The van der Waals surface area contributed by atoms with Gasteiger partial charge in [-0.05, 0) is 42.8 Å². The molecule has 0 aliphatic carbocycles. The molecular weight excluding hydrogens is 378 g/mol. The van der Waals surface area contributed by atoms with Crippen LogP contribution in [0.2, 0.25) is 0 Å². The lowest BCUT2D eigenvalue weighted by atomic mass is 10.0. The highest BCUT2D eigenvalue weighted by Gasteiger charge is 2.26. The Bertz CT molecular complexity index is 991. The van der Waals surface area contributed by atoms with Crippen molar-refractivity contribution in [2.45, 2.75) is 19.6 Å². The van der Waals surface area contributed by atoms with Crippen LogP contribution in [-0.2, 0) is 11.3 Å². The number of methoxy groups -OCH3 is 2. The van der Waals surface area contributed by atoms with E-state index in [-0.39, 0.29) is 6.10 Å². The lowest BCUT2D eigenvalue weighted by Crippen LogP contribution is -2.38. The van der Waals surface area contributed by atoms with E-state index in [2.05, 4.69) is 40.0 Å². The monoisotopic (exact) mass is 405 g/mol. The van der Waals surface area contributed by atoms with Crippen LogP contribution in [-0.4, -0.2) is 48.8 Å². The molecule has 2 aromatic carbocycles. The molecule has 6 nitrogen and oxygen atoms in total. The molecule has 1 aliphatic heterocycles. The number of benzene rings is 2. The normalized spacial score (nSPS) is 17.0. The summed E-state index contributed by atoms with van der Waals surface area (Å²) in [5.74, 6) is 1.74. The number of aromatic nitrogens is 2. The van der Waals surface area contributed by atoms with E-state index in [4.69, 9.17) is 14.2 Å². The third kappa shape index (κ3) is 4.45. The van der Waals surface area contributed by atoms with Gasteiger partial charge in [0.2, 0.25) is 0 Å². The van der Waals surface area contributed by atoms with Crippen LogP contribution >= 0.6 is 0 Å². The molecule has 1 atom stereocenters. The van der Waals surface area contributed by atoms with Gasteiger partial charge in [-0.3, -0.25) is 14.9 Å². The van der Waals surface area contributed by atoms with E-state index in [0.717, 1.165) is 48.1 Å². The van der Waals surface area contributed by atoms with Crippen LogP contribution < -0.4 is 9.47 Å². The summed E-state index contributed by atoms with van der Waals surface area (Å²) in [5, 5.41) is 0. The van der Waals surface area contributed by atoms with Crippen LogP contribution in [0, 0.1) is 6.92 Å². The maximum Gasteiger partial charge on any atom is 0.123 e. The van der Waals surface area contributed by atoms with E-state index in [9.17, 15) is 0 Å². The topological polar surface area (TPSA) is 56.7 Å². The van der Waals surface area contributed by atoms with Gasteiger partial charge in [-0.15, -0.1) is 0 Å². The molecule has 4 rings (SSSR count). The molecule has 0 radical (unpaired) electrons. The van der Waals surface area contributed by atoms with Gasteiger partial charge in [0.15, 0.2) is 0 Å². The molecule has 1 aromatic heterocycles. The Labute approximate surface area is 177 Å². The third-order valence-electron chi connectivity index (χ3n) is 5.38. The van der Waals surface area contributed by atoms with E-state index < -0.39 is 0 Å². The van der Waals surface area contributed by atoms with E-state index in [1.54, 1.807) is 26.6 Å². The van der Waals surface area contributed by atoms with Crippen molar-refractivity contribution in [3.63, 3.8) is 0 Å². The quantitative estimate of drug-likeness (QED) is 0.617. The highest BCUT2D eigenvalue weighted by molar-refractivity contribution is 5.62. The van der Waals surface area contributed by atoms with E-state index in [1.165, 1.54) is 11.1 Å². The molecule has 0 spiro atoms. The second kappa shape index (κ2) is 9.24. The zero-order valence-corrected chi connectivity index (χ0v) is 17.7. The van der Waals surface area contributed by atoms with Gasteiger partial charge in [0.05, 0.1) is 32.2 Å². The first-order valence-electron chi connectivity index (χ1n) is 10.1. The first-order valence-corrected chi connectivity index (χ1v) is 10.1. The molecule has 1 aliphatic rings. The Morgan fingerprint density at radius 1 is 1.03 bits per heavy atom. The Kier molecular flexibility index (Phi) is 6.26. The fourth-order valence-electron chi connectivity index (χ4n) is 3.79. The molecule has 156 valence electrons. The average molecular weight is 405 g/mol. The van der Waals surface area contributed by atoms with Crippen molar-refractivity contribution in [2.24, 2.45) is 0 Å². The molecule has 2 heterocycles. The largest absolute Gasteiger partial charge is 0.497 e. The molecule has 0 amide bonds. The minimum atomic E-state index is -0.138. The van der Waals surface area contributed by atoms with Gasteiger partial charge in [-0.1, -0.05) is 12.1 Å². The number of rotatable bonds is 6. The Balaban J connectivity index is 1.55. The summed E-state index contributed by atoms with van der Waals surface area (Å²) >= 11 is 0. The summed E-state index contributed by atoms with van der Waals surface area (Å²) in [6.45, 7) is 5.15. The van der Waals surface area contributed by atoms with Crippen LogP contribution in [0.4, 0.5) is 0 Å². The zero-order chi connectivity index (χ0) is 20.9. The maximum atomic E-state index is 6.11. The summed E-state index contributed by atoms with van der Waals surface area (Å²) in [6, 6.07) is 14.2. The number of nitrogens with zero attached hydrogens (tertiary/aromatic N) is 3. The lowest BCUT2D eigenvalue weighted by Gasteiger charge is -2.33. The van der Waals surface area contributed by atoms with Crippen molar-refractivity contribution in [3.8, 4) is 22.8 Å². The van der Waals surface area contributed by atoms with Crippen molar-refractivity contribution in [3.05, 3.63) is 71.7 Å². The number of aryl methyl sites for hydroxylation is 1. The number of morpholine rings is 1. The van der Waals surface area contributed by atoms with Crippen LogP contribution in [0.15, 0.2) is 54.9 Å². The highest BCUT2D eigenvalue weighted by atomic mass is 16.5. The Morgan fingerprint density at radius 2 is 1.83 bits per heavy atom. The van der Waals surface area contributed by atoms with E-state index in [1.807, 2.05) is 24.3 Å². The average Bonchev–Trinajstić information content (AvgIpc) is 2.80. The third-order valence-corrected chi connectivity index (χ3v) is 5.38. The van der Waals surface area contributed by atoms with E-state index >= 15 is 0 Å². The lowest BCUT2D eigenvalue weighted by molar-refractivity contribution is -0.0350. The summed E-state index contributed by atoms with van der Waals surface area (Å²) < 4.78 is 17.0. The Morgan fingerprint density at radius 3 is 2.60 bits per heavy atom. The molecule has 0 unspecified atom stereocenters. The van der Waals surface area contributed by atoms with Gasteiger partial charge in [0, 0.05) is 43.2 Å².